The Morgan fingerprint density at radius 1 is 1.08 bits per heavy atom. The van der Waals surface area contributed by atoms with Gasteiger partial charge in [0, 0.05) is 24.7 Å². The highest BCUT2D eigenvalue weighted by Crippen LogP contribution is 2.39. The highest BCUT2D eigenvalue weighted by molar-refractivity contribution is 7.91. The van der Waals surface area contributed by atoms with Crippen LogP contribution in [0.15, 0.2) is 47.4 Å². The molecule has 1 saturated carbocycles. The number of nitrogens with zero attached hydrogens (tertiary/aromatic N) is 1. The molecule has 1 fully saturated rings. The summed E-state index contributed by atoms with van der Waals surface area (Å²) >= 11 is 0. The molecule has 0 unspecified atom stereocenters. The number of nitrogens with one attached hydrogen (secondary N) is 1. The fourth-order valence-electron chi connectivity index (χ4n) is 5.80. The van der Waals surface area contributed by atoms with Gasteiger partial charge in [0.25, 0.3) is 5.91 Å². The Bertz CT molecular complexity index is 1150. The topological polar surface area (TPSA) is 86.7 Å². The van der Waals surface area contributed by atoms with Crippen molar-refractivity contribution in [1.29, 1.82) is 0 Å². The smallest absolute Gasteiger partial charge is 0.251 e. The molecule has 4 rings (SSSR count). The summed E-state index contributed by atoms with van der Waals surface area (Å²) in [7, 11) is -3.30. The molecular formula is C29H40N2O4S. The zero-order valence-corrected chi connectivity index (χ0v) is 22.6. The lowest BCUT2D eigenvalue weighted by atomic mass is 9.82. The van der Waals surface area contributed by atoms with Gasteiger partial charge in [0.2, 0.25) is 0 Å². The van der Waals surface area contributed by atoms with Crippen molar-refractivity contribution in [3.8, 4) is 0 Å². The van der Waals surface area contributed by atoms with E-state index in [0.717, 1.165) is 31.3 Å². The first-order valence-electron chi connectivity index (χ1n) is 13.4. The predicted octanol–water partition coefficient (Wildman–Crippen LogP) is 5.04. The number of aliphatic hydroxyl groups is 1. The van der Waals surface area contributed by atoms with Crippen molar-refractivity contribution >= 4 is 15.7 Å². The fourth-order valence-corrected chi connectivity index (χ4v) is 6.68. The quantitative estimate of drug-likeness (QED) is 0.492. The van der Waals surface area contributed by atoms with E-state index >= 15 is 0 Å². The van der Waals surface area contributed by atoms with Gasteiger partial charge in [0.1, 0.15) is 0 Å². The third-order valence-electron chi connectivity index (χ3n) is 8.10. The molecule has 2 atom stereocenters. The van der Waals surface area contributed by atoms with Crippen LogP contribution in [0, 0.1) is 11.8 Å². The summed E-state index contributed by atoms with van der Waals surface area (Å²) in [5.74, 6) is 1.40. The normalized spacial score (nSPS) is 23.3. The Morgan fingerprint density at radius 2 is 1.78 bits per heavy atom. The van der Waals surface area contributed by atoms with Gasteiger partial charge in [-0.05, 0) is 72.1 Å². The van der Waals surface area contributed by atoms with Crippen LogP contribution in [-0.4, -0.2) is 43.2 Å². The van der Waals surface area contributed by atoms with E-state index in [9.17, 15) is 18.3 Å². The zero-order valence-electron chi connectivity index (χ0n) is 21.7. The van der Waals surface area contributed by atoms with Gasteiger partial charge in [-0.2, -0.15) is 0 Å². The molecule has 0 aromatic heterocycles. The predicted molar refractivity (Wildman–Crippen MR) is 142 cm³/mol. The van der Waals surface area contributed by atoms with E-state index in [-0.39, 0.29) is 23.2 Å². The van der Waals surface area contributed by atoms with Crippen molar-refractivity contribution in [2.45, 2.75) is 76.4 Å². The van der Waals surface area contributed by atoms with Gasteiger partial charge in [-0.3, -0.25) is 9.69 Å². The van der Waals surface area contributed by atoms with Crippen molar-refractivity contribution in [3.63, 3.8) is 0 Å². The molecule has 1 aliphatic carbocycles. The zero-order chi connectivity index (χ0) is 25.9. The number of rotatable bonds is 9. The maximum absolute atomic E-state index is 13.1. The number of hydrogen-bond donors (Lipinski definition) is 2. The van der Waals surface area contributed by atoms with Gasteiger partial charge in [0.15, 0.2) is 9.84 Å². The molecule has 0 saturated heterocycles. The molecule has 2 aliphatic rings. The molecule has 6 nitrogen and oxygen atoms in total. The van der Waals surface area contributed by atoms with E-state index in [0.29, 0.717) is 17.2 Å². The van der Waals surface area contributed by atoms with Gasteiger partial charge >= 0.3 is 0 Å². The van der Waals surface area contributed by atoms with E-state index in [2.05, 4.69) is 30.1 Å². The van der Waals surface area contributed by atoms with Crippen LogP contribution < -0.4 is 5.32 Å². The molecule has 1 heterocycles. The Kier molecular flexibility index (Phi) is 8.53. The van der Waals surface area contributed by atoms with Gasteiger partial charge in [-0.25, -0.2) is 8.42 Å². The second kappa shape index (κ2) is 11.4. The summed E-state index contributed by atoms with van der Waals surface area (Å²) in [6.45, 7) is 7.92. The Labute approximate surface area is 216 Å². The summed E-state index contributed by atoms with van der Waals surface area (Å²) < 4.78 is 24.2. The fraction of sp³-hybridized carbons (Fsp3) is 0.552. The molecule has 2 aromatic carbocycles. The van der Waals surface area contributed by atoms with Gasteiger partial charge in [-0.1, -0.05) is 51.8 Å². The molecule has 1 aliphatic heterocycles. The average molecular weight is 513 g/mol. The lowest BCUT2D eigenvalue weighted by Gasteiger charge is -2.32. The first-order chi connectivity index (χ1) is 17.2. The summed E-state index contributed by atoms with van der Waals surface area (Å²) in [6, 6.07) is 12.1. The number of amides is 1. The molecule has 1 amide bonds. The molecule has 36 heavy (non-hydrogen) atoms. The molecular weight excluding hydrogens is 472 g/mol. The molecule has 7 heteroatoms. The largest absolute Gasteiger partial charge is 0.394 e. The number of benzene rings is 2. The third-order valence-corrected chi connectivity index (χ3v) is 9.85. The highest BCUT2D eigenvalue weighted by atomic mass is 32.2. The minimum absolute atomic E-state index is 0.0288. The number of aliphatic hydroxyl groups excluding tert-OH is 1. The van der Waals surface area contributed by atoms with Crippen LogP contribution in [0.1, 0.15) is 92.0 Å². The second-order valence-corrected chi connectivity index (χ2v) is 12.9. The van der Waals surface area contributed by atoms with E-state index < -0.39 is 15.9 Å². The molecule has 0 bridgehead atoms. The number of hydrogen-bond acceptors (Lipinski definition) is 5. The lowest BCUT2D eigenvalue weighted by molar-refractivity contribution is 0.0916. The Balaban J connectivity index is 1.44. The maximum Gasteiger partial charge on any atom is 0.251 e. The number of carbonyl (C=O) groups is 1. The first kappa shape index (κ1) is 26.8. The van der Waals surface area contributed by atoms with Crippen LogP contribution in [0.25, 0.3) is 0 Å². The van der Waals surface area contributed by atoms with Crippen molar-refractivity contribution in [2.75, 3.05) is 18.9 Å². The van der Waals surface area contributed by atoms with Crippen LogP contribution in [0.3, 0.4) is 0 Å². The van der Waals surface area contributed by atoms with E-state index in [1.165, 1.54) is 48.9 Å². The highest BCUT2D eigenvalue weighted by Gasteiger charge is 2.32. The van der Waals surface area contributed by atoms with Crippen molar-refractivity contribution in [1.82, 2.24) is 10.2 Å². The summed E-state index contributed by atoms with van der Waals surface area (Å²) in [4.78, 5) is 15.9. The molecule has 2 aromatic rings. The summed E-state index contributed by atoms with van der Waals surface area (Å²) in [5.41, 5.74) is 3.79. The molecule has 196 valence electrons. The van der Waals surface area contributed by atoms with Crippen LogP contribution in [-0.2, 0) is 16.4 Å². The maximum atomic E-state index is 13.1. The third kappa shape index (κ3) is 5.84. The van der Waals surface area contributed by atoms with E-state index in [4.69, 9.17) is 0 Å². The number of carbonyl (C=O) groups excluding carboxylic acids is 1. The standard InChI is InChI=1S/C29H40N2O4S/c1-4-28-26-15-12-23(16-24(26)18-31(28)17-21-8-6-20(3)7-9-21)29(33)30-27(19-32)22-10-13-25(14-11-22)36(34,35)5-2/h10-16,20-21,27-28,32H,4-9,17-19H2,1-3H3,(H,30,33)/t20-,21-,27-,28-/m0/s1. The minimum atomic E-state index is -3.30. The molecule has 0 radical (unpaired) electrons. The SMILES string of the molecule is CC[C@H]1c2ccc(C(=O)N[C@@H](CO)c3ccc(S(=O)(=O)CC)cc3)cc2CN1C[C@H]1CC[C@H](C)CC1. The Hall–Kier alpha value is -2.22. The van der Waals surface area contributed by atoms with Gasteiger partial charge < -0.3 is 10.4 Å². The second-order valence-electron chi connectivity index (χ2n) is 10.6. The Morgan fingerprint density at radius 3 is 2.39 bits per heavy atom. The van der Waals surface area contributed by atoms with Crippen LogP contribution in [0.2, 0.25) is 0 Å². The molecule has 0 spiro atoms. The van der Waals surface area contributed by atoms with Crippen LogP contribution >= 0.6 is 0 Å². The van der Waals surface area contributed by atoms with E-state index in [1.54, 1.807) is 19.1 Å². The van der Waals surface area contributed by atoms with Crippen LogP contribution in [0.4, 0.5) is 0 Å². The van der Waals surface area contributed by atoms with Gasteiger partial charge in [0.05, 0.1) is 23.3 Å². The minimum Gasteiger partial charge on any atom is -0.394 e. The van der Waals surface area contributed by atoms with Crippen LogP contribution in [0.5, 0.6) is 0 Å². The number of sulfone groups is 1. The monoisotopic (exact) mass is 512 g/mol. The van der Waals surface area contributed by atoms with Crippen molar-refractivity contribution in [3.05, 3.63) is 64.7 Å². The first-order valence-corrected chi connectivity index (χ1v) is 15.0. The lowest BCUT2D eigenvalue weighted by Crippen LogP contribution is -2.31. The van der Waals surface area contributed by atoms with Crippen molar-refractivity contribution in [2.24, 2.45) is 11.8 Å². The molecule has 2 N–H and O–H groups in total. The summed E-state index contributed by atoms with van der Waals surface area (Å²) in [5, 5.41) is 12.9. The number of fused-ring (bicyclic) bond motifs is 1. The van der Waals surface area contributed by atoms with E-state index in [1.807, 2.05) is 12.1 Å². The van der Waals surface area contributed by atoms with Crippen molar-refractivity contribution < 1.29 is 18.3 Å². The average Bonchev–Trinajstić information content (AvgIpc) is 3.24. The summed E-state index contributed by atoms with van der Waals surface area (Å²) in [6.07, 6.45) is 6.33. The van der Waals surface area contributed by atoms with Gasteiger partial charge in [-0.15, -0.1) is 0 Å².